The Hall–Kier alpha value is -3.44. The molecule has 12 heteroatoms. The number of amides is 2. The summed E-state index contributed by atoms with van der Waals surface area (Å²) in [7, 11) is 0. The normalized spacial score (nSPS) is 10.1. The molecule has 0 heterocycles. The Labute approximate surface area is 217 Å². The van der Waals surface area contributed by atoms with Gasteiger partial charge in [-0.15, -0.1) is 0 Å². The Balaban J connectivity index is 3.65. The number of carbonyl (C=O) groups excluding carboxylic acids is 6. The minimum Gasteiger partial charge on any atom is -0.465 e. The zero-order chi connectivity index (χ0) is 27.7. The maximum Gasteiger partial charge on any atom is 0.330 e. The molecule has 0 aromatic rings. The van der Waals surface area contributed by atoms with Crippen molar-refractivity contribution in [3.8, 4) is 0 Å². The van der Waals surface area contributed by atoms with Crippen molar-refractivity contribution in [1.82, 2.24) is 10.6 Å². The largest absolute Gasteiger partial charge is 0.465 e. The number of carbonyl (C=O) groups is 6. The fraction of sp³-hybridized carbons (Fsp3) is 0.680. The van der Waals surface area contributed by atoms with Gasteiger partial charge in [-0.25, -0.2) is 4.79 Å². The second-order valence-electron chi connectivity index (χ2n) is 7.96. The second-order valence-corrected chi connectivity index (χ2v) is 7.96. The zero-order valence-electron chi connectivity index (χ0n) is 21.7. The molecule has 0 aromatic heterocycles. The number of nitrogens with one attached hydrogen (secondary N) is 2. The molecular formula is C25H40N2O10. The fourth-order valence-corrected chi connectivity index (χ4v) is 2.77. The molecule has 0 radical (unpaired) electrons. The smallest absolute Gasteiger partial charge is 0.330 e. The molecule has 2 amide bonds. The van der Waals surface area contributed by atoms with E-state index in [9.17, 15) is 28.8 Å². The van der Waals surface area contributed by atoms with E-state index in [0.717, 1.165) is 31.8 Å². The number of rotatable bonds is 22. The molecule has 0 atom stereocenters. The van der Waals surface area contributed by atoms with E-state index in [4.69, 9.17) is 14.2 Å². The van der Waals surface area contributed by atoms with Gasteiger partial charge >= 0.3 is 23.9 Å². The lowest BCUT2D eigenvalue weighted by molar-refractivity contribution is -0.150. The van der Waals surface area contributed by atoms with E-state index in [1.807, 2.05) is 0 Å². The van der Waals surface area contributed by atoms with Gasteiger partial charge in [0, 0.05) is 25.6 Å². The van der Waals surface area contributed by atoms with Crippen LogP contribution in [0.2, 0.25) is 0 Å². The first-order chi connectivity index (χ1) is 17.8. The molecule has 0 aromatic carbocycles. The molecule has 0 rings (SSSR count). The summed E-state index contributed by atoms with van der Waals surface area (Å²) in [4.78, 5) is 69.1. The third kappa shape index (κ3) is 22.7. The molecule has 0 aliphatic rings. The molecule has 0 saturated carbocycles. The molecule has 0 unspecified atom stereocenters. The van der Waals surface area contributed by atoms with Crippen molar-refractivity contribution >= 4 is 35.7 Å². The summed E-state index contributed by atoms with van der Waals surface area (Å²) in [6, 6.07) is 0. The number of hydrogen-bond donors (Lipinski definition) is 2. The van der Waals surface area contributed by atoms with Crippen molar-refractivity contribution in [1.29, 1.82) is 0 Å². The summed E-state index contributed by atoms with van der Waals surface area (Å²) in [6.07, 6.45) is 5.92. The average molecular weight is 529 g/mol. The first kappa shape index (κ1) is 33.6. The third-order valence-corrected chi connectivity index (χ3v) is 4.69. The van der Waals surface area contributed by atoms with Crippen LogP contribution in [0.1, 0.15) is 71.1 Å². The maximum atomic E-state index is 11.8. The summed E-state index contributed by atoms with van der Waals surface area (Å²) < 4.78 is 19.5. The van der Waals surface area contributed by atoms with Crippen molar-refractivity contribution in [3.05, 3.63) is 12.7 Å². The van der Waals surface area contributed by atoms with Crippen molar-refractivity contribution in [3.63, 3.8) is 0 Å². The summed E-state index contributed by atoms with van der Waals surface area (Å²) in [5.74, 6) is -3.34. The van der Waals surface area contributed by atoms with E-state index >= 15 is 0 Å². The number of unbranched alkanes of at least 4 members (excludes halogenated alkanes) is 5. The average Bonchev–Trinajstić information content (AvgIpc) is 2.86. The van der Waals surface area contributed by atoms with Crippen LogP contribution in [0.25, 0.3) is 0 Å². The minimum atomic E-state index is -0.684. The predicted molar refractivity (Wildman–Crippen MR) is 132 cm³/mol. The monoisotopic (exact) mass is 528 g/mol. The summed E-state index contributed by atoms with van der Waals surface area (Å²) in [5.41, 5.74) is 0. The highest BCUT2D eigenvalue weighted by Gasteiger charge is 2.12. The predicted octanol–water partition coefficient (Wildman–Crippen LogP) is 1.50. The lowest BCUT2D eigenvalue weighted by Gasteiger charge is -2.08. The van der Waals surface area contributed by atoms with Crippen molar-refractivity contribution < 1.29 is 47.7 Å². The van der Waals surface area contributed by atoms with Gasteiger partial charge in [0.1, 0.15) is 26.1 Å². The van der Waals surface area contributed by atoms with Crippen LogP contribution < -0.4 is 10.6 Å². The molecule has 2 N–H and O–H groups in total. The summed E-state index contributed by atoms with van der Waals surface area (Å²) >= 11 is 0. The van der Waals surface area contributed by atoms with Crippen molar-refractivity contribution in [2.24, 2.45) is 0 Å². The number of hydrogen-bond acceptors (Lipinski definition) is 10. The lowest BCUT2D eigenvalue weighted by atomic mass is 10.2. The Kier molecular flexibility index (Phi) is 20.9. The van der Waals surface area contributed by atoms with E-state index < -0.39 is 42.1 Å². The van der Waals surface area contributed by atoms with Gasteiger partial charge in [-0.2, -0.15) is 0 Å². The van der Waals surface area contributed by atoms with Crippen LogP contribution >= 0.6 is 0 Å². The topological polar surface area (TPSA) is 163 Å². The van der Waals surface area contributed by atoms with Crippen LogP contribution in [0.15, 0.2) is 12.7 Å². The van der Waals surface area contributed by atoms with Gasteiger partial charge in [0.2, 0.25) is 11.8 Å². The first-order valence-electron chi connectivity index (χ1n) is 12.6. The molecule has 0 bridgehead atoms. The minimum absolute atomic E-state index is 0.0294. The van der Waals surface area contributed by atoms with Crippen LogP contribution in [0.5, 0.6) is 0 Å². The van der Waals surface area contributed by atoms with Crippen LogP contribution in [-0.4, -0.2) is 75.2 Å². The molecule has 0 spiro atoms. The lowest BCUT2D eigenvalue weighted by Crippen LogP contribution is -2.36. The quantitative estimate of drug-likeness (QED) is 0.0692. The fourth-order valence-electron chi connectivity index (χ4n) is 2.77. The van der Waals surface area contributed by atoms with Crippen LogP contribution in [0.3, 0.4) is 0 Å². The van der Waals surface area contributed by atoms with Crippen molar-refractivity contribution in [2.45, 2.75) is 71.1 Å². The second kappa shape index (κ2) is 23.0. The molecular weight excluding hydrogens is 488 g/mol. The molecule has 0 fully saturated rings. The highest BCUT2D eigenvalue weighted by atomic mass is 16.6. The summed E-state index contributed by atoms with van der Waals surface area (Å²) in [6.45, 7) is 5.87. The Bertz CT molecular complexity index is 739. The summed E-state index contributed by atoms with van der Waals surface area (Å²) in [5, 5.41) is 4.96. The number of ether oxygens (including phenoxy) is 4. The van der Waals surface area contributed by atoms with Gasteiger partial charge in [0.25, 0.3) is 0 Å². The SMILES string of the molecule is C=CC(=O)OCCOC(=O)CCCCCOC(=O)CC(=O)NCCNC(=O)CC(=O)OCCCCCC. The van der Waals surface area contributed by atoms with E-state index in [1.165, 1.54) is 0 Å². The molecule has 0 saturated heterocycles. The van der Waals surface area contributed by atoms with Gasteiger partial charge in [-0.05, 0) is 25.7 Å². The standard InChI is InChI=1S/C25H40N2O10/c1-3-5-6-9-14-34-24(32)18-20(28)26-12-13-27-21(29)19-25(33)35-15-10-7-8-11-23(31)37-17-16-36-22(30)4-2/h4H,2-3,5-19H2,1H3,(H,26,28)(H,27,29). The zero-order valence-corrected chi connectivity index (χ0v) is 21.7. The molecule has 0 aliphatic carbocycles. The highest BCUT2D eigenvalue weighted by Crippen LogP contribution is 2.03. The van der Waals surface area contributed by atoms with Gasteiger partial charge in [-0.1, -0.05) is 32.8 Å². The van der Waals surface area contributed by atoms with E-state index in [-0.39, 0.29) is 45.8 Å². The van der Waals surface area contributed by atoms with E-state index in [2.05, 4.69) is 28.9 Å². The Morgan fingerprint density at radius 2 is 1.11 bits per heavy atom. The molecule has 0 aliphatic heterocycles. The maximum absolute atomic E-state index is 11.8. The highest BCUT2D eigenvalue weighted by molar-refractivity contribution is 5.95. The number of esters is 4. The van der Waals surface area contributed by atoms with Gasteiger partial charge in [-0.3, -0.25) is 24.0 Å². The van der Waals surface area contributed by atoms with Gasteiger partial charge < -0.3 is 29.6 Å². The first-order valence-corrected chi connectivity index (χ1v) is 12.6. The molecule has 210 valence electrons. The third-order valence-electron chi connectivity index (χ3n) is 4.69. The Morgan fingerprint density at radius 3 is 1.62 bits per heavy atom. The molecule has 37 heavy (non-hydrogen) atoms. The van der Waals surface area contributed by atoms with E-state index in [1.54, 1.807) is 0 Å². The molecule has 12 nitrogen and oxygen atoms in total. The van der Waals surface area contributed by atoms with Crippen LogP contribution in [0, 0.1) is 0 Å². The van der Waals surface area contributed by atoms with Gasteiger partial charge in [0.15, 0.2) is 0 Å². The van der Waals surface area contributed by atoms with Crippen LogP contribution in [-0.2, 0) is 47.7 Å². The Morgan fingerprint density at radius 1 is 0.622 bits per heavy atom. The van der Waals surface area contributed by atoms with Crippen LogP contribution in [0.4, 0.5) is 0 Å². The van der Waals surface area contributed by atoms with E-state index in [0.29, 0.717) is 25.9 Å². The van der Waals surface area contributed by atoms with Gasteiger partial charge in [0.05, 0.1) is 13.2 Å². The van der Waals surface area contributed by atoms with Crippen molar-refractivity contribution in [2.75, 3.05) is 39.5 Å².